The van der Waals surface area contributed by atoms with Crippen molar-refractivity contribution in [2.45, 2.75) is 59.0 Å². The first-order valence-electron chi connectivity index (χ1n) is 8.09. The Morgan fingerprint density at radius 3 is 2.05 bits per heavy atom. The van der Waals surface area contributed by atoms with Crippen LogP contribution in [0.5, 0.6) is 5.75 Å². The Bertz CT molecular complexity index is 727. The fraction of sp³-hybridized carbons (Fsp3) is 0.429. The van der Waals surface area contributed by atoms with Crippen molar-refractivity contribution < 1.29 is 4.74 Å². The van der Waals surface area contributed by atoms with Crippen LogP contribution in [0.25, 0.3) is 0 Å². The molecule has 1 aliphatic heterocycles. The average molecular weight is 294 g/mol. The Hall–Kier alpha value is -1.76. The third kappa shape index (κ3) is 2.43. The number of rotatable bonds is 1. The second-order valence-electron chi connectivity index (χ2n) is 7.71. The van der Waals surface area contributed by atoms with Gasteiger partial charge in [-0.3, -0.25) is 0 Å². The minimum Gasteiger partial charge on any atom is -0.483 e. The van der Waals surface area contributed by atoms with E-state index in [-0.39, 0.29) is 11.0 Å². The lowest BCUT2D eigenvalue weighted by atomic mass is 9.70. The van der Waals surface area contributed by atoms with Gasteiger partial charge in [-0.05, 0) is 61.4 Å². The van der Waals surface area contributed by atoms with Crippen LogP contribution in [0.2, 0.25) is 0 Å². The molecule has 1 atom stereocenters. The maximum absolute atomic E-state index is 6.54. The van der Waals surface area contributed by atoms with E-state index in [1.807, 2.05) is 0 Å². The van der Waals surface area contributed by atoms with Gasteiger partial charge in [0.1, 0.15) is 11.4 Å². The summed E-state index contributed by atoms with van der Waals surface area (Å²) in [6.07, 6.45) is 0.986. The molecule has 0 saturated heterocycles. The minimum absolute atomic E-state index is 0.105. The number of benzene rings is 2. The average Bonchev–Trinajstić information content (AvgIpc) is 2.35. The van der Waals surface area contributed by atoms with Crippen molar-refractivity contribution in [2.24, 2.45) is 0 Å². The van der Waals surface area contributed by atoms with E-state index in [0.717, 1.165) is 12.2 Å². The molecule has 1 aliphatic rings. The first kappa shape index (κ1) is 15.1. The summed E-state index contributed by atoms with van der Waals surface area (Å²) in [6, 6.07) is 13.3. The van der Waals surface area contributed by atoms with Crippen molar-refractivity contribution in [1.82, 2.24) is 0 Å². The predicted octanol–water partition coefficient (Wildman–Crippen LogP) is 5.59. The zero-order chi connectivity index (χ0) is 16.1. The smallest absolute Gasteiger partial charge is 0.132 e. The van der Waals surface area contributed by atoms with Crippen molar-refractivity contribution in [3.05, 3.63) is 64.2 Å². The van der Waals surface area contributed by atoms with Crippen LogP contribution in [-0.4, -0.2) is 0 Å². The Kier molecular flexibility index (Phi) is 3.36. The molecule has 0 aliphatic carbocycles. The fourth-order valence-corrected chi connectivity index (χ4v) is 4.05. The van der Waals surface area contributed by atoms with Gasteiger partial charge in [-0.1, -0.05) is 49.7 Å². The topological polar surface area (TPSA) is 9.23 Å². The number of fused-ring (bicyclic) bond motifs is 1. The molecule has 22 heavy (non-hydrogen) atoms. The van der Waals surface area contributed by atoms with E-state index < -0.39 is 0 Å². The molecule has 0 amide bonds. The molecule has 0 fully saturated rings. The van der Waals surface area contributed by atoms with Gasteiger partial charge in [0, 0.05) is 6.42 Å². The molecule has 2 aromatic rings. The van der Waals surface area contributed by atoms with Gasteiger partial charge in [0.15, 0.2) is 0 Å². The number of ether oxygens (including phenoxy) is 1. The van der Waals surface area contributed by atoms with Gasteiger partial charge in [0.25, 0.3) is 0 Å². The lowest BCUT2D eigenvalue weighted by molar-refractivity contribution is 0.0319. The van der Waals surface area contributed by atoms with Gasteiger partial charge >= 0.3 is 0 Å². The molecule has 1 heterocycles. The maximum atomic E-state index is 6.54. The van der Waals surface area contributed by atoms with Crippen LogP contribution in [0.15, 0.2) is 36.4 Å². The lowest BCUT2D eigenvalue weighted by Crippen LogP contribution is -2.42. The van der Waals surface area contributed by atoms with Gasteiger partial charge in [0.2, 0.25) is 0 Å². The molecule has 3 rings (SSSR count). The van der Waals surface area contributed by atoms with Crippen molar-refractivity contribution >= 4 is 0 Å². The number of aryl methyl sites for hydroxylation is 3. The van der Waals surface area contributed by atoms with E-state index in [4.69, 9.17) is 4.74 Å². The highest BCUT2D eigenvalue weighted by atomic mass is 16.5. The highest BCUT2D eigenvalue weighted by Gasteiger charge is 2.43. The number of hydrogen-bond donors (Lipinski definition) is 0. The number of hydrogen-bond acceptors (Lipinski definition) is 1. The SMILES string of the molecule is Cc1ccc(C2(C)CC(C)(C)c3ccc(C)cc3O2)c(C)c1. The zero-order valence-electron chi connectivity index (χ0n) is 14.6. The summed E-state index contributed by atoms with van der Waals surface area (Å²) in [6.45, 7) is 13.3. The summed E-state index contributed by atoms with van der Waals surface area (Å²) in [5.74, 6) is 1.04. The van der Waals surface area contributed by atoms with Gasteiger partial charge in [-0.25, -0.2) is 0 Å². The van der Waals surface area contributed by atoms with Crippen LogP contribution in [0.4, 0.5) is 0 Å². The maximum Gasteiger partial charge on any atom is 0.132 e. The summed E-state index contributed by atoms with van der Waals surface area (Å²) in [5.41, 5.74) is 6.32. The first-order chi connectivity index (χ1) is 10.2. The Morgan fingerprint density at radius 1 is 0.818 bits per heavy atom. The fourth-order valence-electron chi connectivity index (χ4n) is 4.05. The second kappa shape index (κ2) is 4.87. The third-order valence-corrected chi connectivity index (χ3v) is 4.93. The summed E-state index contributed by atoms with van der Waals surface area (Å²) in [5, 5.41) is 0. The van der Waals surface area contributed by atoms with Crippen molar-refractivity contribution in [2.75, 3.05) is 0 Å². The summed E-state index contributed by atoms with van der Waals surface area (Å²) in [4.78, 5) is 0. The van der Waals surface area contributed by atoms with Crippen LogP contribution >= 0.6 is 0 Å². The van der Waals surface area contributed by atoms with Crippen LogP contribution in [0.1, 0.15) is 55.0 Å². The van der Waals surface area contributed by atoms with Gasteiger partial charge < -0.3 is 4.74 Å². The monoisotopic (exact) mass is 294 g/mol. The quantitative estimate of drug-likeness (QED) is 0.666. The third-order valence-electron chi connectivity index (χ3n) is 4.93. The summed E-state index contributed by atoms with van der Waals surface area (Å²) in [7, 11) is 0. The molecule has 0 N–H and O–H groups in total. The molecule has 0 spiro atoms. The van der Waals surface area contributed by atoms with E-state index >= 15 is 0 Å². The summed E-state index contributed by atoms with van der Waals surface area (Å²) < 4.78 is 6.54. The summed E-state index contributed by atoms with van der Waals surface area (Å²) >= 11 is 0. The Labute approximate surface area is 134 Å². The van der Waals surface area contributed by atoms with Crippen LogP contribution in [-0.2, 0) is 11.0 Å². The zero-order valence-corrected chi connectivity index (χ0v) is 14.6. The highest BCUT2D eigenvalue weighted by molar-refractivity contribution is 5.47. The van der Waals surface area contributed by atoms with Gasteiger partial charge in [0.05, 0.1) is 0 Å². The van der Waals surface area contributed by atoms with Crippen molar-refractivity contribution in [3.63, 3.8) is 0 Å². The van der Waals surface area contributed by atoms with E-state index in [2.05, 4.69) is 77.9 Å². The van der Waals surface area contributed by atoms with E-state index in [9.17, 15) is 0 Å². The normalized spacial score (nSPS) is 22.8. The molecular formula is C21H26O. The van der Waals surface area contributed by atoms with E-state index in [0.29, 0.717) is 0 Å². The standard InChI is InChI=1S/C21H26O/c1-14-7-9-17(16(3)11-14)21(6)13-20(4,5)18-10-8-15(2)12-19(18)22-21/h7-12H,13H2,1-6H3. The molecule has 0 radical (unpaired) electrons. The van der Waals surface area contributed by atoms with Crippen LogP contribution < -0.4 is 4.74 Å². The molecule has 0 aromatic heterocycles. The van der Waals surface area contributed by atoms with Crippen LogP contribution in [0, 0.1) is 20.8 Å². The van der Waals surface area contributed by atoms with Gasteiger partial charge in [-0.15, -0.1) is 0 Å². The predicted molar refractivity (Wildman–Crippen MR) is 92.7 cm³/mol. The minimum atomic E-state index is -0.276. The second-order valence-corrected chi connectivity index (χ2v) is 7.71. The molecule has 1 heteroatoms. The molecule has 1 unspecified atom stereocenters. The van der Waals surface area contributed by atoms with Gasteiger partial charge in [-0.2, -0.15) is 0 Å². The molecule has 1 nitrogen and oxygen atoms in total. The molecule has 2 aromatic carbocycles. The Balaban J connectivity index is 2.13. The van der Waals surface area contributed by atoms with Crippen molar-refractivity contribution in [1.29, 1.82) is 0 Å². The van der Waals surface area contributed by atoms with Crippen molar-refractivity contribution in [3.8, 4) is 5.75 Å². The highest BCUT2D eigenvalue weighted by Crippen LogP contribution is 2.49. The van der Waals surface area contributed by atoms with Crippen LogP contribution in [0.3, 0.4) is 0 Å². The lowest BCUT2D eigenvalue weighted by Gasteiger charge is -2.45. The molecule has 0 saturated carbocycles. The molecule has 0 bridgehead atoms. The largest absolute Gasteiger partial charge is 0.483 e. The Morgan fingerprint density at radius 2 is 1.41 bits per heavy atom. The van der Waals surface area contributed by atoms with E-state index in [1.54, 1.807) is 0 Å². The molecular weight excluding hydrogens is 268 g/mol. The van der Waals surface area contributed by atoms with E-state index in [1.165, 1.54) is 27.8 Å². The first-order valence-corrected chi connectivity index (χ1v) is 8.09. The molecule has 116 valence electrons.